The Kier molecular flexibility index (Phi) is 5.14. The second-order valence-corrected chi connectivity index (χ2v) is 9.11. The van der Waals surface area contributed by atoms with E-state index in [1.165, 1.54) is 31.0 Å². The molecule has 3 aromatic rings. The number of nitrogens with one attached hydrogen (secondary N) is 1. The first kappa shape index (κ1) is 19.7. The van der Waals surface area contributed by atoms with Gasteiger partial charge in [-0.3, -0.25) is 0 Å². The molecule has 0 amide bonds. The van der Waals surface area contributed by atoms with E-state index in [9.17, 15) is 8.78 Å². The summed E-state index contributed by atoms with van der Waals surface area (Å²) in [5, 5.41) is 0. The van der Waals surface area contributed by atoms with E-state index in [1.807, 2.05) is 12.1 Å². The van der Waals surface area contributed by atoms with Gasteiger partial charge in [-0.1, -0.05) is 29.7 Å². The van der Waals surface area contributed by atoms with Crippen molar-refractivity contribution in [2.24, 2.45) is 5.92 Å². The first-order valence-corrected chi connectivity index (χ1v) is 10.9. The molecular weight excluding hydrogens is 379 g/mol. The van der Waals surface area contributed by atoms with E-state index in [0.29, 0.717) is 11.0 Å². The van der Waals surface area contributed by atoms with Crippen LogP contribution in [0.25, 0.3) is 11.0 Å². The average molecular weight is 405 g/mol. The molecule has 0 atom stereocenters. The Morgan fingerprint density at radius 2 is 1.77 bits per heavy atom. The van der Waals surface area contributed by atoms with E-state index < -0.39 is 11.6 Å². The summed E-state index contributed by atoms with van der Waals surface area (Å²) in [7, 11) is 5.93. The fourth-order valence-corrected chi connectivity index (χ4v) is 4.88. The molecule has 1 N–H and O–H groups in total. The second-order valence-electron chi connectivity index (χ2n) is 9.11. The third-order valence-corrected chi connectivity index (χ3v) is 6.96. The lowest BCUT2D eigenvalue weighted by atomic mass is 9.69. The number of aromatic nitrogens is 2. The summed E-state index contributed by atoms with van der Waals surface area (Å²) in [5.41, 5.74) is 3.20. The van der Waals surface area contributed by atoms with Gasteiger partial charge in [-0.25, -0.2) is 13.8 Å². The largest absolute Gasteiger partial charge is 0.342 e. The first-order chi connectivity index (χ1) is 14.5. The van der Waals surface area contributed by atoms with Gasteiger partial charge in [0.1, 0.15) is 13.7 Å². The molecule has 1 aromatic heterocycles. The number of aromatic amines is 1. The predicted octanol–water partition coefficient (Wildman–Crippen LogP) is 4.01. The average Bonchev–Trinajstić information content (AvgIpc) is 3.47. The minimum atomic E-state index is -0.859. The van der Waals surface area contributed by atoms with Gasteiger partial charge >= 0.3 is 0 Å². The van der Waals surface area contributed by atoms with Gasteiger partial charge in [-0.15, -0.1) is 0 Å². The van der Waals surface area contributed by atoms with Crippen LogP contribution in [-0.4, -0.2) is 42.3 Å². The van der Waals surface area contributed by atoms with Crippen LogP contribution in [-0.2, 0) is 11.8 Å². The molecule has 1 aliphatic heterocycles. The van der Waals surface area contributed by atoms with Crippen LogP contribution < -0.4 is 5.46 Å². The maximum Gasteiger partial charge on any atom is 0.161 e. The van der Waals surface area contributed by atoms with Crippen LogP contribution in [0.2, 0.25) is 0 Å². The highest BCUT2D eigenvalue weighted by molar-refractivity contribution is 6.32. The van der Waals surface area contributed by atoms with Crippen molar-refractivity contribution in [3.63, 3.8) is 0 Å². The van der Waals surface area contributed by atoms with E-state index in [0.717, 1.165) is 62.0 Å². The van der Waals surface area contributed by atoms with Crippen molar-refractivity contribution >= 4 is 24.3 Å². The number of benzene rings is 2. The topological polar surface area (TPSA) is 31.9 Å². The number of imidazole rings is 1. The minimum absolute atomic E-state index is 0.0726. The van der Waals surface area contributed by atoms with E-state index in [1.54, 1.807) is 0 Å². The van der Waals surface area contributed by atoms with E-state index in [4.69, 9.17) is 7.85 Å². The molecule has 5 rings (SSSR count). The zero-order valence-corrected chi connectivity index (χ0v) is 17.1. The molecule has 2 fully saturated rings. The Labute approximate surface area is 177 Å². The highest BCUT2D eigenvalue weighted by Gasteiger charge is 2.37. The van der Waals surface area contributed by atoms with Crippen LogP contribution in [0, 0.1) is 17.6 Å². The standard InChI is InChI=1S/C24H26BF2N3/c25-18-5-3-17(4-6-18)24(9-11-30(12-10-24)15-16-1-2-16)8-7-23-28-21-13-19(26)20(27)14-22(21)29-23/h3-6,13-14,16H,1-2,7-12,15H2,(H,28,29). The number of likely N-dealkylation sites (tertiary alicyclic amines) is 1. The molecule has 30 heavy (non-hydrogen) atoms. The summed E-state index contributed by atoms with van der Waals surface area (Å²) in [4.78, 5) is 10.3. The molecule has 2 aromatic carbocycles. The highest BCUT2D eigenvalue weighted by atomic mass is 19.2. The number of piperidine rings is 1. The Morgan fingerprint density at radius 1 is 1.07 bits per heavy atom. The fourth-order valence-electron chi connectivity index (χ4n) is 4.88. The van der Waals surface area contributed by atoms with Crippen LogP contribution in [0.15, 0.2) is 36.4 Å². The quantitative estimate of drug-likeness (QED) is 0.629. The number of rotatable bonds is 6. The minimum Gasteiger partial charge on any atom is -0.342 e. The molecule has 2 aliphatic rings. The number of hydrogen-bond donors (Lipinski definition) is 1. The summed E-state index contributed by atoms with van der Waals surface area (Å²) < 4.78 is 27.1. The van der Waals surface area contributed by atoms with E-state index in [2.05, 4.69) is 27.0 Å². The molecule has 0 bridgehead atoms. The highest BCUT2D eigenvalue weighted by Crippen LogP contribution is 2.40. The Hall–Kier alpha value is -2.21. The van der Waals surface area contributed by atoms with E-state index in [-0.39, 0.29) is 5.41 Å². The summed E-state index contributed by atoms with van der Waals surface area (Å²) in [6, 6.07) is 10.6. The number of halogens is 2. The van der Waals surface area contributed by atoms with Crippen LogP contribution >= 0.6 is 0 Å². The fraction of sp³-hybridized carbons (Fsp3) is 0.458. The Balaban J connectivity index is 1.36. The van der Waals surface area contributed by atoms with Crippen molar-refractivity contribution in [3.8, 4) is 0 Å². The van der Waals surface area contributed by atoms with Gasteiger partial charge in [0.2, 0.25) is 0 Å². The maximum atomic E-state index is 13.5. The Bertz CT molecular complexity index is 996. The Morgan fingerprint density at radius 3 is 2.47 bits per heavy atom. The van der Waals surface area contributed by atoms with Crippen LogP contribution in [0.3, 0.4) is 0 Å². The van der Waals surface area contributed by atoms with Gasteiger partial charge in [-0.05, 0) is 62.1 Å². The predicted molar refractivity (Wildman–Crippen MR) is 116 cm³/mol. The molecule has 1 saturated heterocycles. The summed E-state index contributed by atoms with van der Waals surface area (Å²) >= 11 is 0. The SMILES string of the molecule is [B]c1ccc(C2(CCc3nc4cc(F)c(F)cc4[nH]3)CCN(CC3CC3)CC2)cc1. The lowest BCUT2D eigenvalue weighted by Gasteiger charge is -2.42. The molecule has 1 saturated carbocycles. The van der Waals surface area contributed by atoms with Crippen molar-refractivity contribution in [1.82, 2.24) is 14.9 Å². The summed E-state index contributed by atoms with van der Waals surface area (Å²) in [5.74, 6) is -0.0170. The zero-order chi connectivity index (χ0) is 20.7. The lowest BCUT2D eigenvalue weighted by molar-refractivity contribution is 0.146. The maximum absolute atomic E-state index is 13.5. The van der Waals surface area contributed by atoms with Crippen molar-refractivity contribution in [2.75, 3.05) is 19.6 Å². The van der Waals surface area contributed by atoms with Crippen molar-refractivity contribution < 1.29 is 8.78 Å². The van der Waals surface area contributed by atoms with E-state index >= 15 is 0 Å². The normalized spacial score (nSPS) is 19.4. The molecule has 6 heteroatoms. The molecule has 3 nitrogen and oxygen atoms in total. The number of hydrogen-bond acceptors (Lipinski definition) is 2. The lowest BCUT2D eigenvalue weighted by Crippen LogP contribution is -2.43. The van der Waals surface area contributed by atoms with Crippen LogP contribution in [0.4, 0.5) is 8.78 Å². The molecule has 0 unspecified atom stereocenters. The molecule has 1 aliphatic carbocycles. The monoisotopic (exact) mass is 405 g/mol. The zero-order valence-electron chi connectivity index (χ0n) is 17.1. The third-order valence-electron chi connectivity index (χ3n) is 6.96. The summed E-state index contributed by atoms with van der Waals surface area (Å²) in [6.07, 6.45) is 6.66. The van der Waals surface area contributed by atoms with Gasteiger partial charge in [0.15, 0.2) is 11.6 Å². The third kappa shape index (κ3) is 4.02. The first-order valence-electron chi connectivity index (χ1n) is 10.9. The van der Waals surface area contributed by atoms with Gasteiger partial charge < -0.3 is 9.88 Å². The number of aryl methyl sites for hydroxylation is 1. The number of nitrogens with zero attached hydrogens (tertiary/aromatic N) is 2. The van der Waals surface area contributed by atoms with Crippen LogP contribution in [0.5, 0.6) is 0 Å². The molecule has 0 spiro atoms. The van der Waals surface area contributed by atoms with Crippen molar-refractivity contribution in [3.05, 3.63) is 59.4 Å². The van der Waals surface area contributed by atoms with Crippen molar-refractivity contribution in [1.29, 1.82) is 0 Å². The molecule has 2 radical (unpaired) electrons. The number of fused-ring (bicyclic) bond motifs is 1. The van der Waals surface area contributed by atoms with Gasteiger partial charge in [0, 0.05) is 25.1 Å². The van der Waals surface area contributed by atoms with Gasteiger partial charge in [0.05, 0.1) is 11.0 Å². The van der Waals surface area contributed by atoms with Crippen LogP contribution in [0.1, 0.15) is 43.5 Å². The molecule has 2 heterocycles. The molecular formula is C24H26BF2N3. The number of H-pyrrole nitrogens is 1. The van der Waals surface area contributed by atoms with Gasteiger partial charge in [0.25, 0.3) is 0 Å². The molecule has 154 valence electrons. The smallest absolute Gasteiger partial charge is 0.161 e. The summed E-state index contributed by atoms with van der Waals surface area (Å²) in [6.45, 7) is 3.45. The second kappa shape index (κ2) is 7.80. The van der Waals surface area contributed by atoms with Crippen molar-refractivity contribution in [2.45, 2.75) is 43.9 Å². The van der Waals surface area contributed by atoms with Gasteiger partial charge in [-0.2, -0.15) is 0 Å².